The van der Waals surface area contributed by atoms with Gasteiger partial charge >= 0.3 is 5.97 Å². The number of nitro benzene ring substituents is 1. The summed E-state index contributed by atoms with van der Waals surface area (Å²) in [6.45, 7) is -0.0617. The largest absolute Gasteiger partial charge is 0.507 e. The van der Waals surface area contributed by atoms with Gasteiger partial charge < -0.3 is 24.6 Å². The Kier molecular flexibility index (Phi) is 7.15. The van der Waals surface area contributed by atoms with Gasteiger partial charge in [0, 0.05) is 42.3 Å². The molecule has 1 fully saturated rings. The molecule has 1 atom stereocenters. The molecule has 1 saturated heterocycles. The summed E-state index contributed by atoms with van der Waals surface area (Å²) < 4.78 is 10.6. The van der Waals surface area contributed by atoms with Crippen LogP contribution in [0.25, 0.3) is 5.76 Å². The highest BCUT2D eigenvalue weighted by atomic mass is 16.6. The third-order valence-corrected chi connectivity index (χ3v) is 5.42. The number of ketones is 1. The van der Waals surface area contributed by atoms with E-state index in [9.17, 15) is 29.6 Å². The lowest BCUT2D eigenvalue weighted by Crippen LogP contribution is -2.31. The SMILES string of the molecule is COc1ccc([C@@H]2C(=C(O)c3ccc([N+](=O)[O-])cc3)C(=O)C(=O)N2CCCC(=O)O)c(OC)c1. The number of aliphatic carboxylic acids is 1. The van der Waals surface area contributed by atoms with Crippen LogP contribution in [0.15, 0.2) is 48.0 Å². The molecule has 11 nitrogen and oxygen atoms in total. The van der Waals surface area contributed by atoms with Crippen molar-refractivity contribution in [2.75, 3.05) is 20.8 Å². The van der Waals surface area contributed by atoms with E-state index >= 15 is 0 Å². The Morgan fingerprint density at radius 2 is 1.76 bits per heavy atom. The molecule has 1 aliphatic rings. The number of rotatable bonds is 9. The molecule has 1 aliphatic heterocycles. The first-order chi connectivity index (χ1) is 16.2. The Balaban J connectivity index is 2.17. The number of hydrogen-bond acceptors (Lipinski definition) is 8. The van der Waals surface area contributed by atoms with Gasteiger partial charge in [-0.15, -0.1) is 0 Å². The van der Waals surface area contributed by atoms with Crippen LogP contribution in [0.4, 0.5) is 5.69 Å². The van der Waals surface area contributed by atoms with Gasteiger partial charge in [0.15, 0.2) is 0 Å². The first-order valence-electron chi connectivity index (χ1n) is 10.2. The maximum absolute atomic E-state index is 13.0. The monoisotopic (exact) mass is 470 g/mol. The zero-order valence-electron chi connectivity index (χ0n) is 18.4. The number of non-ortho nitro benzene ring substituents is 1. The summed E-state index contributed by atoms with van der Waals surface area (Å²) in [6, 6.07) is 8.54. The molecular weight excluding hydrogens is 448 g/mol. The fourth-order valence-corrected chi connectivity index (χ4v) is 3.78. The number of carbonyl (C=O) groups excluding carboxylic acids is 2. The molecular formula is C23H22N2O9. The summed E-state index contributed by atoms with van der Waals surface area (Å²) in [5.41, 5.74) is 0.0320. The molecule has 178 valence electrons. The molecule has 2 aromatic rings. The van der Waals surface area contributed by atoms with Gasteiger partial charge in [-0.1, -0.05) is 0 Å². The highest BCUT2D eigenvalue weighted by Crippen LogP contribution is 2.43. The predicted octanol–water partition coefficient (Wildman–Crippen LogP) is 2.90. The van der Waals surface area contributed by atoms with Crippen molar-refractivity contribution in [1.29, 1.82) is 0 Å². The predicted molar refractivity (Wildman–Crippen MR) is 119 cm³/mol. The average molecular weight is 470 g/mol. The number of ether oxygens (including phenoxy) is 2. The van der Waals surface area contributed by atoms with Crippen LogP contribution in [0.3, 0.4) is 0 Å². The van der Waals surface area contributed by atoms with Crippen molar-refractivity contribution in [2.24, 2.45) is 0 Å². The minimum atomic E-state index is -1.08. The Morgan fingerprint density at radius 1 is 1.09 bits per heavy atom. The second kappa shape index (κ2) is 10.0. The standard InChI is InChI=1S/C23H22N2O9/c1-33-15-9-10-16(17(12-15)34-2)20-19(21(28)13-5-7-14(8-6-13)25(31)32)22(29)23(30)24(20)11-3-4-18(26)27/h5-10,12,20,28H,3-4,11H2,1-2H3,(H,26,27)/t20-/m1/s1. The van der Waals surface area contributed by atoms with Gasteiger partial charge in [0.1, 0.15) is 17.3 Å². The van der Waals surface area contributed by atoms with Gasteiger partial charge in [-0.2, -0.15) is 0 Å². The van der Waals surface area contributed by atoms with Gasteiger partial charge in [-0.3, -0.25) is 24.5 Å². The van der Waals surface area contributed by atoms with E-state index in [1.54, 1.807) is 18.2 Å². The summed E-state index contributed by atoms with van der Waals surface area (Å²) >= 11 is 0. The maximum atomic E-state index is 13.0. The van der Waals surface area contributed by atoms with Crippen LogP contribution in [0.2, 0.25) is 0 Å². The number of carboxylic acid groups (broad SMARTS) is 1. The number of aliphatic hydroxyl groups is 1. The third-order valence-electron chi connectivity index (χ3n) is 5.42. The molecule has 0 bridgehead atoms. The number of methoxy groups -OCH3 is 2. The van der Waals surface area contributed by atoms with Crippen LogP contribution in [0.5, 0.6) is 11.5 Å². The Labute approximate surface area is 194 Å². The summed E-state index contributed by atoms with van der Waals surface area (Å²) in [5.74, 6) is -2.70. The average Bonchev–Trinajstić information content (AvgIpc) is 3.07. The third kappa shape index (κ3) is 4.68. The number of likely N-dealkylation sites (tertiary alicyclic amines) is 1. The molecule has 34 heavy (non-hydrogen) atoms. The van der Waals surface area contributed by atoms with Crippen molar-refractivity contribution in [1.82, 2.24) is 4.90 Å². The molecule has 11 heteroatoms. The Hall–Kier alpha value is -4.41. The molecule has 0 spiro atoms. The van der Waals surface area contributed by atoms with Gasteiger partial charge in [0.05, 0.1) is 30.8 Å². The number of nitrogens with zero attached hydrogens (tertiary/aromatic N) is 2. The van der Waals surface area contributed by atoms with E-state index in [0.29, 0.717) is 11.3 Å². The number of carboxylic acids is 1. The minimum Gasteiger partial charge on any atom is -0.507 e. The molecule has 0 aromatic heterocycles. The van der Waals surface area contributed by atoms with Crippen LogP contribution in [0.1, 0.15) is 30.0 Å². The van der Waals surface area contributed by atoms with Gasteiger partial charge in [-0.25, -0.2) is 0 Å². The second-order valence-electron chi connectivity index (χ2n) is 7.40. The summed E-state index contributed by atoms with van der Waals surface area (Å²) in [4.78, 5) is 48.4. The molecule has 2 N–H and O–H groups in total. The van der Waals surface area contributed by atoms with Crippen molar-refractivity contribution >= 4 is 29.1 Å². The first-order valence-corrected chi connectivity index (χ1v) is 10.2. The number of nitro groups is 1. The fourth-order valence-electron chi connectivity index (χ4n) is 3.78. The highest BCUT2D eigenvalue weighted by Gasteiger charge is 2.47. The zero-order valence-corrected chi connectivity index (χ0v) is 18.4. The van der Waals surface area contributed by atoms with Gasteiger partial charge in [-0.05, 0) is 30.7 Å². The summed E-state index contributed by atoms with van der Waals surface area (Å²) in [7, 11) is 2.85. The summed E-state index contributed by atoms with van der Waals surface area (Å²) in [5, 5.41) is 30.9. The number of amides is 1. The van der Waals surface area contributed by atoms with Crippen molar-refractivity contribution in [2.45, 2.75) is 18.9 Å². The lowest BCUT2D eigenvalue weighted by Gasteiger charge is -2.26. The van der Waals surface area contributed by atoms with Crippen LogP contribution in [0, 0.1) is 10.1 Å². The molecule has 0 saturated carbocycles. The lowest BCUT2D eigenvalue weighted by molar-refractivity contribution is -0.384. The van der Waals surface area contributed by atoms with Crippen molar-refractivity contribution in [3.05, 3.63) is 69.3 Å². The first kappa shape index (κ1) is 24.2. The molecule has 1 amide bonds. The Bertz CT molecular complexity index is 1170. The number of aliphatic hydroxyl groups excluding tert-OH is 1. The molecule has 3 rings (SSSR count). The lowest BCUT2D eigenvalue weighted by atomic mass is 9.94. The second-order valence-corrected chi connectivity index (χ2v) is 7.40. The van der Waals surface area contributed by atoms with E-state index in [1.165, 1.54) is 43.4 Å². The van der Waals surface area contributed by atoms with Crippen molar-refractivity contribution < 1.29 is 39.0 Å². The van der Waals surface area contributed by atoms with E-state index < -0.39 is 34.4 Å². The quantitative estimate of drug-likeness (QED) is 0.185. The van der Waals surface area contributed by atoms with Gasteiger partial charge in [0.2, 0.25) is 0 Å². The number of hydrogen-bond donors (Lipinski definition) is 2. The zero-order chi connectivity index (χ0) is 25.0. The maximum Gasteiger partial charge on any atom is 0.303 e. The van der Waals surface area contributed by atoms with E-state index in [2.05, 4.69) is 0 Å². The van der Waals surface area contributed by atoms with Crippen LogP contribution in [-0.2, 0) is 14.4 Å². The fraction of sp³-hybridized carbons (Fsp3) is 0.261. The number of carbonyl (C=O) groups is 3. The van der Waals surface area contributed by atoms with E-state index in [1.807, 2.05) is 0 Å². The number of benzene rings is 2. The normalized spacial score (nSPS) is 17.0. The smallest absolute Gasteiger partial charge is 0.303 e. The number of Topliss-reactive ketones (excluding diaryl/α,β-unsaturated/α-hetero) is 1. The Morgan fingerprint density at radius 3 is 2.32 bits per heavy atom. The molecule has 1 heterocycles. The molecule has 0 radical (unpaired) electrons. The summed E-state index contributed by atoms with van der Waals surface area (Å²) in [6.07, 6.45) is -0.146. The minimum absolute atomic E-state index is 0.0617. The van der Waals surface area contributed by atoms with Crippen molar-refractivity contribution in [3.8, 4) is 11.5 Å². The van der Waals surface area contributed by atoms with E-state index in [4.69, 9.17) is 14.6 Å². The molecule has 2 aromatic carbocycles. The van der Waals surface area contributed by atoms with E-state index in [0.717, 1.165) is 0 Å². The van der Waals surface area contributed by atoms with Gasteiger partial charge in [0.25, 0.3) is 17.4 Å². The highest BCUT2D eigenvalue weighted by molar-refractivity contribution is 6.46. The van der Waals surface area contributed by atoms with Crippen LogP contribution >= 0.6 is 0 Å². The molecule has 0 unspecified atom stereocenters. The van der Waals surface area contributed by atoms with Crippen molar-refractivity contribution in [3.63, 3.8) is 0 Å². The van der Waals surface area contributed by atoms with Crippen LogP contribution < -0.4 is 9.47 Å². The topological polar surface area (TPSA) is 157 Å². The van der Waals surface area contributed by atoms with E-state index in [-0.39, 0.29) is 42.0 Å². The molecule has 0 aliphatic carbocycles. The van der Waals surface area contributed by atoms with Crippen LogP contribution in [-0.4, -0.2) is 58.5 Å².